The van der Waals surface area contributed by atoms with Gasteiger partial charge in [-0.2, -0.15) is 0 Å². The second kappa shape index (κ2) is 7.56. The third-order valence-electron chi connectivity index (χ3n) is 2.76. The normalized spacial score (nSPS) is 10.1. The fourth-order valence-electron chi connectivity index (χ4n) is 1.72. The minimum Gasteiger partial charge on any atom is -0.481 e. The second-order valence-corrected chi connectivity index (χ2v) is 6.27. The largest absolute Gasteiger partial charge is 0.481 e. The van der Waals surface area contributed by atoms with Gasteiger partial charge >= 0.3 is 5.97 Å². The lowest BCUT2D eigenvalue weighted by molar-refractivity contribution is -0.136. The Kier molecular flexibility index (Phi) is 5.74. The van der Waals surface area contributed by atoms with Crippen molar-refractivity contribution < 1.29 is 19.1 Å². The van der Waals surface area contributed by atoms with Gasteiger partial charge in [-0.05, 0) is 58.7 Å². The van der Waals surface area contributed by atoms with Gasteiger partial charge in [-0.1, -0.05) is 22.0 Å². The van der Waals surface area contributed by atoms with Crippen LogP contribution < -0.4 is 9.47 Å². The minimum atomic E-state index is -0.585. The molecule has 22 heavy (non-hydrogen) atoms. The van der Waals surface area contributed by atoms with Gasteiger partial charge < -0.3 is 9.47 Å². The molecule has 0 atom stereocenters. The molecule has 6 heteroatoms. The molecule has 114 valence electrons. The molecule has 0 spiro atoms. The van der Waals surface area contributed by atoms with E-state index in [2.05, 4.69) is 31.9 Å². The zero-order chi connectivity index (χ0) is 16.1. The van der Waals surface area contributed by atoms with Gasteiger partial charge in [0.25, 0.3) is 0 Å². The summed E-state index contributed by atoms with van der Waals surface area (Å²) in [4.78, 5) is 22.8. The molecule has 0 fully saturated rings. The highest BCUT2D eigenvalue weighted by Gasteiger charge is 2.11. The summed E-state index contributed by atoms with van der Waals surface area (Å²) in [5, 5.41) is 0. The topological polar surface area (TPSA) is 52.6 Å². The second-order valence-electron chi connectivity index (χ2n) is 4.50. The van der Waals surface area contributed by atoms with Crippen LogP contribution in [0.15, 0.2) is 45.3 Å². The Morgan fingerprint density at radius 2 is 1.86 bits per heavy atom. The van der Waals surface area contributed by atoms with Gasteiger partial charge in [-0.25, -0.2) is 4.79 Å². The molecule has 0 bridgehead atoms. The zero-order valence-corrected chi connectivity index (χ0v) is 14.8. The number of hydrogen-bond donors (Lipinski definition) is 0. The molecule has 2 rings (SSSR count). The van der Waals surface area contributed by atoms with Crippen molar-refractivity contribution in [2.45, 2.75) is 6.92 Å². The highest BCUT2D eigenvalue weighted by molar-refractivity contribution is 9.10. The molecule has 0 saturated carbocycles. The van der Waals surface area contributed by atoms with E-state index in [1.807, 2.05) is 19.1 Å². The van der Waals surface area contributed by atoms with E-state index in [1.54, 1.807) is 24.3 Å². The summed E-state index contributed by atoms with van der Waals surface area (Å²) in [5.74, 6) is 0.168. The first-order valence-corrected chi connectivity index (χ1v) is 7.92. The van der Waals surface area contributed by atoms with E-state index >= 15 is 0 Å². The predicted molar refractivity (Wildman–Crippen MR) is 89.5 cm³/mol. The van der Waals surface area contributed by atoms with E-state index in [0.29, 0.717) is 17.6 Å². The molecule has 0 aliphatic carbocycles. The first kappa shape index (κ1) is 16.7. The molecule has 0 N–H and O–H groups in total. The average molecular weight is 428 g/mol. The van der Waals surface area contributed by atoms with E-state index < -0.39 is 5.97 Å². The monoisotopic (exact) mass is 426 g/mol. The highest BCUT2D eigenvalue weighted by Crippen LogP contribution is 2.26. The molecule has 0 saturated heterocycles. The summed E-state index contributed by atoms with van der Waals surface area (Å²) in [6.45, 7) is 1.70. The molecule has 0 amide bonds. The summed E-state index contributed by atoms with van der Waals surface area (Å²) in [6, 6.07) is 10.3. The van der Waals surface area contributed by atoms with Crippen molar-refractivity contribution in [1.29, 1.82) is 0 Å². The average Bonchev–Trinajstić information content (AvgIpc) is 2.48. The Morgan fingerprint density at radius 3 is 2.55 bits per heavy atom. The van der Waals surface area contributed by atoms with Crippen LogP contribution in [0.2, 0.25) is 0 Å². The number of carbonyl (C=O) groups excluding carboxylic acids is 2. The Balaban J connectivity index is 2.00. The Morgan fingerprint density at radius 1 is 1.14 bits per heavy atom. The van der Waals surface area contributed by atoms with E-state index in [1.165, 1.54) is 0 Å². The molecule has 0 unspecified atom stereocenters. The van der Waals surface area contributed by atoms with Crippen molar-refractivity contribution in [3.8, 4) is 11.5 Å². The predicted octanol–water partition coefficient (Wildman–Crippen LogP) is 4.32. The minimum absolute atomic E-state index is 0.203. The molecule has 2 aromatic carbocycles. The summed E-state index contributed by atoms with van der Waals surface area (Å²) >= 11 is 6.62. The maximum absolute atomic E-state index is 11.8. The fourth-order valence-corrected chi connectivity index (χ4v) is 2.70. The Labute approximate surface area is 144 Å². The first-order valence-electron chi connectivity index (χ1n) is 6.34. The number of aldehydes is 1. The molecule has 0 aliphatic rings. The summed E-state index contributed by atoms with van der Waals surface area (Å²) < 4.78 is 12.0. The van der Waals surface area contributed by atoms with Crippen LogP contribution in [-0.4, -0.2) is 18.9 Å². The van der Waals surface area contributed by atoms with E-state index in [9.17, 15) is 9.59 Å². The van der Waals surface area contributed by atoms with Crippen molar-refractivity contribution in [3.05, 3.63) is 56.5 Å². The Hall–Kier alpha value is -1.66. The molecular formula is C16H12Br2O4. The van der Waals surface area contributed by atoms with Gasteiger partial charge in [0.05, 0.1) is 10.0 Å². The number of rotatable bonds is 5. The summed E-state index contributed by atoms with van der Waals surface area (Å²) in [5.41, 5.74) is 1.37. The molecule has 0 heterocycles. The molecule has 0 radical (unpaired) electrons. The van der Waals surface area contributed by atoms with Crippen LogP contribution in [0.4, 0.5) is 0 Å². The lowest BCUT2D eigenvalue weighted by Gasteiger charge is -2.10. The molecule has 0 aromatic heterocycles. The molecule has 2 aromatic rings. The van der Waals surface area contributed by atoms with Crippen molar-refractivity contribution in [3.63, 3.8) is 0 Å². The lowest BCUT2D eigenvalue weighted by atomic mass is 10.2. The maximum Gasteiger partial charge on any atom is 0.349 e. The van der Waals surface area contributed by atoms with Gasteiger partial charge in [-0.15, -0.1) is 0 Å². The van der Waals surface area contributed by atoms with Gasteiger partial charge in [0, 0.05) is 4.47 Å². The van der Waals surface area contributed by atoms with Gasteiger partial charge in [0.2, 0.25) is 0 Å². The van der Waals surface area contributed by atoms with Crippen LogP contribution in [0.25, 0.3) is 0 Å². The Bertz CT molecular complexity index is 713. The number of aryl methyl sites for hydroxylation is 1. The number of ether oxygens (including phenoxy) is 2. The first-order chi connectivity index (χ1) is 10.5. The third-order valence-corrected chi connectivity index (χ3v) is 3.87. The van der Waals surface area contributed by atoms with Crippen LogP contribution in [0.1, 0.15) is 15.9 Å². The summed E-state index contributed by atoms with van der Waals surface area (Å²) in [7, 11) is 0. The number of benzene rings is 2. The zero-order valence-electron chi connectivity index (χ0n) is 11.6. The van der Waals surface area contributed by atoms with E-state index in [4.69, 9.17) is 9.47 Å². The fraction of sp³-hybridized carbons (Fsp3) is 0.125. The highest BCUT2D eigenvalue weighted by atomic mass is 79.9. The molecule has 4 nitrogen and oxygen atoms in total. The van der Waals surface area contributed by atoms with Crippen molar-refractivity contribution in [2.75, 3.05) is 6.61 Å². The van der Waals surface area contributed by atoms with Crippen molar-refractivity contribution in [2.24, 2.45) is 0 Å². The molecule has 0 aliphatic heterocycles. The van der Waals surface area contributed by atoms with E-state index in [0.717, 1.165) is 14.5 Å². The summed E-state index contributed by atoms with van der Waals surface area (Å²) in [6.07, 6.45) is 0.630. The van der Waals surface area contributed by atoms with Crippen LogP contribution in [0, 0.1) is 6.92 Å². The van der Waals surface area contributed by atoms with E-state index in [-0.39, 0.29) is 12.4 Å². The number of halogens is 2. The van der Waals surface area contributed by atoms with Gasteiger partial charge in [0.1, 0.15) is 11.5 Å². The lowest BCUT2D eigenvalue weighted by Crippen LogP contribution is -2.18. The van der Waals surface area contributed by atoms with Crippen LogP contribution >= 0.6 is 31.9 Å². The van der Waals surface area contributed by atoms with Crippen molar-refractivity contribution >= 4 is 44.1 Å². The quantitative estimate of drug-likeness (QED) is 0.405. The third kappa shape index (κ3) is 4.42. The van der Waals surface area contributed by atoms with Crippen LogP contribution in [-0.2, 0) is 4.79 Å². The van der Waals surface area contributed by atoms with Crippen molar-refractivity contribution in [1.82, 2.24) is 0 Å². The van der Waals surface area contributed by atoms with Gasteiger partial charge in [-0.3, -0.25) is 4.79 Å². The van der Waals surface area contributed by atoms with Crippen LogP contribution in [0.5, 0.6) is 11.5 Å². The standard InChI is InChI=1S/C16H12Br2O4/c1-10-2-4-15(13(18)6-10)21-9-16(20)22-14-5-3-12(17)7-11(14)8-19/h2-8H,9H2,1H3. The number of hydrogen-bond acceptors (Lipinski definition) is 4. The van der Waals surface area contributed by atoms with Gasteiger partial charge in [0.15, 0.2) is 12.9 Å². The number of carbonyl (C=O) groups is 2. The molecular weight excluding hydrogens is 416 g/mol. The smallest absolute Gasteiger partial charge is 0.349 e. The van der Waals surface area contributed by atoms with Crippen LogP contribution in [0.3, 0.4) is 0 Å². The number of esters is 1. The maximum atomic E-state index is 11.8. The SMILES string of the molecule is Cc1ccc(OCC(=O)Oc2ccc(Br)cc2C=O)c(Br)c1.